The molecule has 1 aliphatic rings. The van der Waals surface area contributed by atoms with E-state index in [-0.39, 0.29) is 23.8 Å². The lowest BCUT2D eigenvalue weighted by atomic mass is 9.93. The Hall–Kier alpha value is -4.79. The maximum atomic E-state index is 13.0. The molecule has 0 radical (unpaired) electrons. The Balaban J connectivity index is 1.30. The molecule has 1 aromatic heterocycles. The lowest BCUT2D eigenvalue weighted by molar-refractivity contribution is -0.384. The number of non-ortho nitro benzene ring substituents is 1. The fourth-order valence-electron chi connectivity index (χ4n) is 4.45. The van der Waals surface area contributed by atoms with Crippen LogP contribution in [0.15, 0.2) is 76.2 Å². The van der Waals surface area contributed by atoms with Gasteiger partial charge in [-0.25, -0.2) is 10.2 Å². The Morgan fingerprint density at radius 2 is 1.81 bits per heavy atom. The molecule has 0 saturated heterocycles. The van der Waals surface area contributed by atoms with Gasteiger partial charge >= 0.3 is 5.97 Å². The second kappa shape index (κ2) is 10.1. The van der Waals surface area contributed by atoms with Gasteiger partial charge in [-0.05, 0) is 48.2 Å². The minimum Gasteiger partial charge on any atom is -0.453 e. The molecule has 1 N–H and O–H groups in total. The number of hydrogen-bond donors (Lipinski definition) is 1. The quantitative estimate of drug-likeness (QED) is 0.168. The zero-order chi connectivity index (χ0) is 25.9. The highest BCUT2D eigenvalue weighted by atomic mass is 16.6. The summed E-state index contributed by atoms with van der Waals surface area (Å²) in [5.41, 5.74) is 5.11. The van der Waals surface area contributed by atoms with Crippen LogP contribution in [0, 0.1) is 17.0 Å². The van der Waals surface area contributed by atoms with Crippen molar-refractivity contribution in [2.45, 2.75) is 32.6 Å². The number of amides is 1. The third kappa shape index (κ3) is 5.11. The Bertz CT molecular complexity index is 1550. The molecule has 0 spiro atoms. The van der Waals surface area contributed by atoms with Crippen molar-refractivity contribution in [3.8, 4) is 5.75 Å². The van der Waals surface area contributed by atoms with Crippen molar-refractivity contribution < 1.29 is 23.7 Å². The second-order valence-electron chi connectivity index (χ2n) is 8.80. The number of furan rings is 1. The van der Waals surface area contributed by atoms with Gasteiger partial charge in [-0.3, -0.25) is 14.9 Å². The molecule has 0 aliphatic heterocycles. The van der Waals surface area contributed by atoms with E-state index in [1.165, 1.54) is 24.3 Å². The molecule has 1 aliphatic carbocycles. The Kier molecular flexibility index (Phi) is 6.51. The van der Waals surface area contributed by atoms with E-state index < -0.39 is 10.9 Å². The zero-order valence-electron chi connectivity index (χ0n) is 20.0. The molecule has 9 heteroatoms. The largest absolute Gasteiger partial charge is 0.453 e. The molecular weight excluding hydrogens is 474 g/mol. The normalized spacial score (nSPS) is 13.8. The van der Waals surface area contributed by atoms with Gasteiger partial charge in [-0.2, -0.15) is 5.10 Å². The summed E-state index contributed by atoms with van der Waals surface area (Å²) in [4.78, 5) is 35.7. The summed E-state index contributed by atoms with van der Waals surface area (Å²) in [5, 5.41) is 17.1. The first kappa shape index (κ1) is 23.9. The van der Waals surface area contributed by atoms with Crippen molar-refractivity contribution in [3.05, 3.63) is 105 Å². The minimum atomic E-state index is -0.594. The summed E-state index contributed by atoms with van der Waals surface area (Å²) >= 11 is 0. The molecular formula is C28H23N3O6. The van der Waals surface area contributed by atoms with Crippen molar-refractivity contribution in [2.24, 2.45) is 5.10 Å². The highest BCUT2D eigenvalue weighted by molar-refractivity contribution is 6.06. The molecule has 0 unspecified atom stereocenters. The predicted molar refractivity (Wildman–Crippen MR) is 137 cm³/mol. The van der Waals surface area contributed by atoms with Crippen molar-refractivity contribution in [1.29, 1.82) is 0 Å². The van der Waals surface area contributed by atoms with Crippen LogP contribution >= 0.6 is 0 Å². The third-order valence-electron chi connectivity index (χ3n) is 6.27. The molecule has 1 amide bonds. The monoisotopic (exact) mass is 497 g/mol. The van der Waals surface area contributed by atoms with Crippen molar-refractivity contribution in [1.82, 2.24) is 5.43 Å². The molecule has 0 bridgehead atoms. The number of esters is 1. The smallest absolute Gasteiger partial charge is 0.379 e. The number of nitrogens with one attached hydrogen (secondary N) is 1. The number of nitro groups is 1. The maximum Gasteiger partial charge on any atom is 0.379 e. The van der Waals surface area contributed by atoms with Gasteiger partial charge in [0.05, 0.1) is 17.1 Å². The van der Waals surface area contributed by atoms with E-state index >= 15 is 0 Å². The van der Waals surface area contributed by atoms with Gasteiger partial charge in [0.25, 0.3) is 5.69 Å². The molecule has 9 nitrogen and oxygen atoms in total. The van der Waals surface area contributed by atoms with E-state index in [4.69, 9.17) is 9.15 Å². The standard InChI is InChI=1S/C28H23N3O6/c1-17-26-23(29-30-25(32)15-18-9-12-21(13-10-18)31(34)35)7-4-8-24(26)37-27(17)28(33)36-22-14-11-19-5-2-3-6-20(19)16-22/h2-3,5-6,9-14,16H,4,7-8,15H2,1H3,(H,30,32)/b29-23+. The number of hydrazone groups is 1. The third-order valence-corrected chi connectivity index (χ3v) is 6.27. The SMILES string of the molecule is Cc1c(C(=O)Oc2ccc3ccccc3c2)oc2c1/C(=N/NC(=O)Cc1ccc([N+](=O)[O-])cc1)CCC2. The number of rotatable bonds is 6. The van der Waals surface area contributed by atoms with Crippen LogP contribution in [0.25, 0.3) is 10.8 Å². The summed E-state index contributed by atoms with van der Waals surface area (Å²) in [6.07, 6.45) is 2.05. The number of nitro benzene ring substituents is 1. The average Bonchev–Trinajstić information content (AvgIpc) is 3.25. The van der Waals surface area contributed by atoms with Crippen molar-refractivity contribution in [3.63, 3.8) is 0 Å². The van der Waals surface area contributed by atoms with Crippen LogP contribution in [-0.2, 0) is 17.6 Å². The molecule has 0 atom stereocenters. The number of aryl methyl sites for hydroxylation is 1. The van der Waals surface area contributed by atoms with Crippen LogP contribution in [0.3, 0.4) is 0 Å². The van der Waals surface area contributed by atoms with Crippen LogP contribution < -0.4 is 10.2 Å². The van der Waals surface area contributed by atoms with Gasteiger partial charge < -0.3 is 9.15 Å². The summed E-state index contributed by atoms with van der Waals surface area (Å²) < 4.78 is 11.5. The number of carbonyl (C=O) groups excluding carboxylic acids is 2. The number of carbonyl (C=O) groups is 2. The number of hydrogen-bond acceptors (Lipinski definition) is 7. The van der Waals surface area contributed by atoms with Gasteiger partial charge in [0, 0.05) is 29.7 Å². The fourth-order valence-corrected chi connectivity index (χ4v) is 4.45. The highest BCUT2D eigenvalue weighted by Gasteiger charge is 2.29. The summed E-state index contributed by atoms with van der Waals surface area (Å²) in [6, 6.07) is 19.0. The summed E-state index contributed by atoms with van der Waals surface area (Å²) in [5.74, 6) is 0.224. The van der Waals surface area contributed by atoms with Crippen LogP contribution in [0.1, 0.15) is 45.8 Å². The summed E-state index contributed by atoms with van der Waals surface area (Å²) in [7, 11) is 0. The van der Waals surface area contributed by atoms with Crippen molar-refractivity contribution >= 4 is 34.0 Å². The summed E-state index contributed by atoms with van der Waals surface area (Å²) in [6.45, 7) is 1.78. The van der Waals surface area contributed by atoms with Crippen LogP contribution in [-0.4, -0.2) is 22.5 Å². The van der Waals surface area contributed by atoms with E-state index in [0.29, 0.717) is 46.8 Å². The zero-order valence-corrected chi connectivity index (χ0v) is 20.0. The van der Waals surface area contributed by atoms with Gasteiger partial charge in [-0.15, -0.1) is 0 Å². The van der Waals surface area contributed by atoms with Crippen LogP contribution in [0.4, 0.5) is 5.69 Å². The van der Waals surface area contributed by atoms with E-state index in [1.807, 2.05) is 30.3 Å². The van der Waals surface area contributed by atoms with Gasteiger partial charge in [0.1, 0.15) is 11.5 Å². The molecule has 37 heavy (non-hydrogen) atoms. The Morgan fingerprint density at radius 1 is 1.05 bits per heavy atom. The molecule has 0 fully saturated rings. The number of ether oxygens (including phenoxy) is 1. The number of benzene rings is 3. The van der Waals surface area contributed by atoms with Gasteiger partial charge in [-0.1, -0.05) is 42.5 Å². The number of fused-ring (bicyclic) bond motifs is 2. The first-order chi connectivity index (χ1) is 17.9. The maximum absolute atomic E-state index is 13.0. The first-order valence-corrected chi connectivity index (χ1v) is 11.8. The first-order valence-electron chi connectivity index (χ1n) is 11.8. The molecule has 186 valence electrons. The van der Waals surface area contributed by atoms with Crippen LogP contribution in [0.2, 0.25) is 0 Å². The van der Waals surface area contributed by atoms with Gasteiger partial charge in [0.15, 0.2) is 0 Å². The highest BCUT2D eigenvalue weighted by Crippen LogP contribution is 2.31. The Morgan fingerprint density at radius 3 is 2.57 bits per heavy atom. The van der Waals surface area contributed by atoms with E-state index in [0.717, 1.165) is 17.2 Å². The van der Waals surface area contributed by atoms with E-state index in [9.17, 15) is 19.7 Å². The van der Waals surface area contributed by atoms with Crippen LogP contribution in [0.5, 0.6) is 5.75 Å². The number of nitrogens with zero attached hydrogens (tertiary/aromatic N) is 2. The predicted octanol–water partition coefficient (Wildman–Crippen LogP) is 5.27. The topological polar surface area (TPSA) is 124 Å². The Labute approximate surface area is 211 Å². The minimum absolute atomic E-state index is 0.0231. The molecule has 3 aromatic carbocycles. The molecule has 1 heterocycles. The fraction of sp³-hybridized carbons (Fsp3) is 0.179. The van der Waals surface area contributed by atoms with Gasteiger partial charge in [0.2, 0.25) is 11.7 Å². The van der Waals surface area contributed by atoms with Crippen molar-refractivity contribution in [2.75, 3.05) is 0 Å². The molecule has 0 saturated carbocycles. The lowest BCUT2D eigenvalue weighted by Crippen LogP contribution is -2.23. The second-order valence-corrected chi connectivity index (χ2v) is 8.80. The van der Waals surface area contributed by atoms with E-state index in [1.54, 1.807) is 19.1 Å². The van der Waals surface area contributed by atoms with E-state index in [2.05, 4.69) is 10.5 Å². The lowest BCUT2D eigenvalue weighted by Gasteiger charge is -2.13. The molecule has 4 aromatic rings. The average molecular weight is 498 g/mol. The molecule has 5 rings (SSSR count).